The third kappa shape index (κ3) is 3.01. The summed E-state index contributed by atoms with van der Waals surface area (Å²) in [5, 5.41) is 9.04. The smallest absolute Gasteiger partial charge is 0.326 e. The fourth-order valence-electron chi connectivity index (χ4n) is 2.08. The van der Waals surface area contributed by atoms with Crippen molar-refractivity contribution >= 4 is 11.9 Å². The van der Waals surface area contributed by atoms with Crippen molar-refractivity contribution < 1.29 is 28.2 Å². The van der Waals surface area contributed by atoms with E-state index in [9.17, 15) is 18.4 Å². The number of carboxylic acid groups (broad SMARTS) is 1. The van der Waals surface area contributed by atoms with E-state index in [1.165, 1.54) is 6.07 Å². The predicted molar refractivity (Wildman–Crippen MR) is 68.5 cm³/mol. The fourth-order valence-corrected chi connectivity index (χ4v) is 2.08. The average molecular weight is 297 g/mol. The first-order valence-corrected chi connectivity index (χ1v) is 6.30. The maximum Gasteiger partial charge on any atom is 0.326 e. The van der Waals surface area contributed by atoms with E-state index in [-0.39, 0.29) is 18.7 Å². The minimum absolute atomic E-state index is 0.00343. The highest BCUT2D eigenvalue weighted by Gasteiger charge is 2.33. The van der Waals surface area contributed by atoms with Crippen LogP contribution in [0, 0.1) is 11.6 Å². The zero-order chi connectivity index (χ0) is 15.6. The lowest BCUT2D eigenvalue weighted by atomic mass is 10.2. The molecule has 1 unspecified atom stereocenters. The molecular formula is C14H13F2NO4. The molecule has 1 amide bonds. The number of para-hydroxylation sites is 1. The molecule has 0 saturated carbocycles. The maximum absolute atomic E-state index is 13.5. The number of hydrogen-bond acceptors (Lipinski definition) is 3. The van der Waals surface area contributed by atoms with Gasteiger partial charge < -0.3 is 14.7 Å². The van der Waals surface area contributed by atoms with Gasteiger partial charge in [0.25, 0.3) is 5.91 Å². The summed E-state index contributed by atoms with van der Waals surface area (Å²) in [6, 6.07) is 2.25. The van der Waals surface area contributed by atoms with Gasteiger partial charge in [-0.1, -0.05) is 13.0 Å². The van der Waals surface area contributed by atoms with Crippen molar-refractivity contribution in [2.45, 2.75) is 19.4 Å². The van der Waals surface area contributed by atoms with E-state index >= 15 is 0 Å². The van der Waals surface area contributed by atoms with Crippen LogP contribution in [0.25, 0.3) is 0 Å². The number of carboxylic acids is 1. The Morgan fingerprint density at radius 1 is 1.43 bits per heavy atom. The van der Waals surface area contributed by atoms with E-state index in [1.807, 2.05) is 0 Å². The summed E-state index contributed by atoms with van der Waals surface area (Å²) in [7, 11) is 0. The molecule has 21 heavy (non-hydrogen) atoms. The highest BCUT2D eigenvalue weighted by Crippen LogP contribution is 2.26. The van der Waals surface area contributed by atoms with E-state index < -0.39 is 35.3 Å². The molecule has 1 aromatic rings. The van der Waals surface area contributed by atoms with E-state index in [2.05, 4.69) is 0 Å². The molecule has 0 aliphatic carbocycles. The fraction of sp³-hybridized carbons (Fsp3) is 0.286. The zero-order valence-corrected chi connectivity index (χ0v) is 11.2. The molecule has 5 nitrogen and oxygen atoms in total. The van der Waals surface area contributed by atoms with Crippen LogP contribution in [0.2, 0.25) is 0 Å². The second-order valence-corrected chi connectivity index (χ2v) is 4.49. The number of rotatable bonds is 5. The molecule has 1 atom stereocenters. The molecule has 1 N–H and O–H groups in total. The zero-order valence-electron chi connectivity index (χ0n) is 11.2. The van der Waals surface area contributed by atoms with Gasteiger partial charge in [0.15, 0.2) is 17.4 Å². The third-order valence-corrected chi connectivity index (χ3v) is 3.09. The molecule has 0 saturated heterocycles. The Bertz CT molecular complexity index is 595. The molecule has 2 rings (SSSR count). The Labute approximate surface area is 119 Å². The van der Waals surface area contributed by atoms with Gasteiger partial charge in [0.1, 0.15) is 11.8 Å². The summed E-state index contributed by atoms with van der Waals surface area (Å²) >= 11 is 0. The SMILES string of the molecule is CCC(C(=O)O)N1CC(Oc2c(F)cccc2F)=CC1=O. The van der Waals surface area contributed by atoms with Crippen molar-refractivity contribution in [3.63, 3.8) is 0 Å². The quantitative estimate of drug-likeness (QED) is 0.902. The summed E-state index contributed by atoms with van der Waals surface area (Å²) in [5.41, 5.74) is 0. The molecule has 1 aliphatic rings. The Balaban J connectivity index is 2.16. The molecule has 0 spiro atoms. The Hall–Kier alpha value is -2.44. The monoisotopic (exact) mass is 297 g/mol. The predicted octanol–water partition coefficient (Wildman–Crippen LogP) is 1.93. The molecule has 112 valence electrons. The van der Waals surface area contributed by atoms with Crippen molar-refractivity contribution in [1.29, 1.82) is 0 Å². The van der Waals surface area contributed by atoms with E-state index in [1.54, 1.807) is 6.92 Å². The number of halogens is 2. The number of ether oxygens (including phenoxy) is 1. The molecule has 7 heteroatoms. The van der Waals surface area contributed by atoms with Crippen LogP contribution >= 0.6 is 0 Å². The van der Waals surface area contributed by atoms with Crippen LogP contribution in [-0.4, -0.2) is 34.5 Å². The van der Waals surface area contributed by atoms with Crippen LogP contribution in [0.4, 0.5) is 8.78 Å². The largest absolute Gasteiger partial charge is 0.480 e. The van der Waals surface area contributed by atoms with Crippen LogP contribution < -0.4 is 4.74 Å². The highest BCUT2D eigenvalue weighted by molar-refractivity contribution is 5.94. The van der Waals surface area contributed by atoms with Gasteiger partial charge in [-0.2, -0.15) is 0 Å². The van der Waals surface area contributed by atoms with Crippen LogP contribution in [0.3, 0.4) is 0 Å². The summed E-state index contributed by atoms with van der Waals surface area (Å²) < 4.78 is 32.0. The molecule has 0 radical (unpaired) electrons. The lowest BCUT2D eigenvalue weighted by molar-refractivity contribution is -0.147. The van der Waals surface area contributed by atoms with Crippen molar-refractivity contribution in [2.24, 2.45) is 0 Å². The van der Waals surface area contributed by atoms with Crippen LogP contribution in [0.1, 0.15) is 13.3 Å². The number of aliphatic carboxylic acids is 1. The third-order valence-electron chi connectivity index (χ3n) is 3.09. The van der Waals surface area contributed by atoms with Gasteiger partial charge in [-0.3, -0.25) is 4.79 Å². The Kier molecular flexibility index (Phi) is 4.21. The first kappa shape index (κ1) is 15.0. The molecule has 1 aliphatic heterocycles. The van der Waals surface area contributed by atoms with Gasteiger partial charge in [-0.25, -0.2) is 13.6 Å². The van der Waals surface area contributed by atoms with E-state index in [0.29, 0.717) is 0 Å². The number of hydrogen-bond donors (Lipinski definition) is 1. The molecule has 0 fully saturated rings. The number of amides is 1. The first-order chi connectivity index (χ1) is 9.93. The first-order valence-electron chi connectivity index (χ1n) is 6.30. The van der Waals surface area contributed by atoms with Gasteiger partial charge in [0.05, 0.1) is 6.54 Å². The summed E-state index contributed by atoms with van der Waals surface area (Å²) in [5.74, 6) is -4.10. The maximum atomic E-state index is 13.5. The second kappa shape index (κ2) is 5.90. The second-order valence-electron chi connectivity index (χ2n) is 4.49. The Morgan fingerprint density at radius 3 is 2.57 bits per heavy atom. The van der Waals surface area contributed by atoms with Gasteiger partial charge >= 0.3 is 5.97 Å². The number of carbonyl (C=O) groups is 2. The van der Waals surface area contributed by atoms with E-state index in [4.69, 9.17) is 9.84 Å². The van der Waals surface area contributed by atoms with Gasteiger partial charge in [0.2, 0.25) is 0 Å². The number of benzene rings is 1. The average Bonchev–Trinajstić information content (AvgIpc) is 2.76. The Morgan fingerprint density at radius 2 is 2.05 bits per heavy atom. The van der Waals surface area contributed by atoms with Gasteiger partial charge in [-0.15, -0.1) is 0 Å². The van der Waals surface area contributed by atoms with Crippen LogP contribution in [-0.2, 0) is 9.59 Å². The van der Waals surface area contributed by atoms with Crippen LogP contribution in [0.5, 0.6) is 5.75 Å². The lowest BCUT2D eigenvalue weighted by Crippen LogP contribution is -2.42. The van der Waals surface area contributed by atoms with Crippen molar-refractivity contribution in [2.75, 3.05) is 6.54 Å². The summed E-state index contributed by atoms with van der Waals surface area (Å²) in [6.45, 7) is 1.48. The van der Waals surface area contributed by atoms with Gasteiger partial charge in [-0.05, 0) is 18.6 Å². The molecule has 1 aromatic carbocycles. The van der Waals surface area contributed by atoms with Crippen molar-refractivity contribution in [3.05, 3.63) is 41.7 Å². The topological polar surface area (TPSA) is 66.8 Å². The molecular weight excluding hydrogens is 284 g/mol. The molecule has 0 bridgehead atoms. The minimum Gasteiger partial charge on any atom is -0.480 e. The minimum atomic E-state index is -1.14. The molecule has 1 heterocycles. The number of carbonyl (C=O) groups excluding carboxylic acids is 1. The lowest BCUT2D eigenvalue weighted by Gasteiger charge is -2.23. The van der Waals surface area contributed by atoms with Crippen molar-refractivity contribution in [1.82, 2.24) is 4.90 Å². The van der Waals surface area contributed by atoms with Gasteiger partial charge in [0, 0.05) is 6.08 Å². The van der Waals surface area contributed by atoms with Crippen LogP contribution in [0.15, 0.2) is 30.0 Å². The van der Waals surface area contributed by atoms with Crippen molar-refractivity contribution in [3.8, 4) is 5.75 Å². The summed E-state index contributed by atoms with van der Waals surface area (Å²) in [4.78, 5) is 23.9. The van der Waals surface area contributed by atoms with E-state index in [0.717, 1.165) is 23.1 Å². The standard InChI is InChI=1S/C14H13F2NO4/c1-2-11(14(19)20)17-7-8(6-12(17)18)21-13-9(15)4-3-5-10(13)16/h3-6,11H,2,7H2,1H3,(H,19,20). The highest BCUT2D eigenvalue weighted by atomic mass is 19.1. The molecule has 0 aromatic heterocycles. The summed E-state index contributed by atoms with van der Waals surface area (Å²) in [6.07, 6.45) is 1.26. The normalized spacial score (nSPS) is 15.9. The number of nitrogens with zero attached hydrogens (tertiary/aromatic N) is 1.